The van der Waals surface area contributed by atoms with Crippen LogP contribution in [0, 0.1) is 0 Å². The smallest absolute Gasteiger partial charge is 0.251 e. The van der Waals surface area contributed by atoms with Gasteiger partial charge in [0, 0.05) is 55.4 Å². The molecule has 0 spiro atoms. The second-order valence-corrected chi connectivity index (χ2v) is 9.86. The van der Waals surface area contributed by atoms with Gasteiger partial charge >= 0.3 is 0 Å². The molecule has 1 saturated heterocycles. The monoisotopic (exact) mass is 501 g/mol. The zero-order chi connectivity index (χ0) is 25.5. The second kappa shape index (κ2) is 9.40. The van der Waals surface area contributed by atoms with E-state index in [0.29, 0.717) is 16.5 Å². The van der Waals surface area contributed by atoms with Crippen molar-refractivity contribution < 1.29 is 23.1 Å². The molecule has 10 heteroatoms. The van der Waals surface area contributed by atoms with Crippen LogP contribution in [-0.4, -0.2) is 83.4 Å². The summed E-state index contributed by atoms with van der Waals surface area (Å²) in [4.78, 5) is 16.7. The van der Waals surface area contributed by atoms with Crippen LogP contribution in [-0.2, 0) is 5.79 Å². The lowest BCUT2D eigenvalue weighted by Crippen LogP contribution is -2.61. The minimum absolute atomic E-state index is 0.298. The number of aromatic nitrogens is 2. The molecule has 36 heavy (non-hydrogen) atoms. The Labute approximate surface area is 207 Å². The Morgan fingerprint density at radius 3 is 2.56 bits per heavy atom. The number of anilines is 1. The Morgan fingerprint density at radius 1 is 1.11 bits per heavy atom. The Morgan fingerprint density at radius 2 is 1.83 bits per heavy atom. The summed E-state index contributed by atoms with van der Waals surface area (Å²) >= 11 is 0. The number of nitrogens with zero attached hydrogens (tertiary/aromatic N) is 4. The van der Waals surface area contributed by atoms with E-state index < -0.39 is 49.0 Å². The summed E-state index contributed by atoms with van der Waals surface area (Å²) in [5.41, 5.74) is -0.843. The van der Waals surface area contributed by atoms with Crippen LogP contribution in [0.5, 0.6) is 0 Å². The highest BCUT2D eigenvalue weighted by Crippen LogP contribution is 2.44. The molecule has 5 rings (SSSR count). The molecule has 7 nitrogen and oxygen atoms in total. The predicted octanol–water partition coefficient (Wildman–Crippen LogP) is 3.04. The average Bonchev–Trinajstić information content (AvgIpc) is 3.34. The summed E-state index contributed by atoms with van der Waals surface area (Å²) in [6.07, 6.45) is -4.45. The Bertz CT molecular complexity index is 1230. The largest absolute Gasteiger partial charge is 0.384 e. The van der Waals surface area contributed by atoms with Crippen molar-refractivity contribution in [3.05, 3.63) is 60.3 Å². The number of rotatable bonds is 5. The van der Waals surface area contributed by atoms with Crippen molar-refractivity contribution in [1.29, 1.82) is 0 Å². The fraction of sp³-hybridized carbons (Fsp3) is 0.462. The summed E-state index contributed by atoms with van der Waals surface area (Å²) in [5, 5.41) is 17.9. The standard InChI is InChI=1S/C26H30F3N5O2/c1-32-11-13-33(14-12-32)20-8-7-19-16-34(31-21(19)15-20)26(29)10-9-25(28,22(27)23(26)35)17-30-24(36)18-5-3-2-4-6-18/h2-8,15-16,22-23,35H,9-14,17H2,1H3,(H,30,36)/t22-,23-,25-,26+/m1/s1. The van der Waals surface area contributed by atoms with Crippen LogP contribution < -0.4 is 10.2 Å². The molecule has 2 fully saturated rings. The zero-order valence-corrected chi connectivity index (χ0v) is 20.1. The first kappa shape index (κ1) is 24.6. The molecule has 1 saturated carbocycles. The van der Waals surface area contributed by atoms with Gasteiger partial charge in [-0.25, -0.2) is 17.9 Å². The fourth-order valence-electron chi connectivity index (χ4n) is 4.99. The molecule has 1 aromatic heterocycles. The van der Waals surface area contributed by atoms with E-state index in [1.54, 1.807) is 30.3 Å². The van der Waals surface area contributed by atoms with E-state index in [-0.39, 0.29) is 0 Å². The van der Waals surface area contributed by atoms with E-state index in [9.17, 15) is 9.90 Å². The number of hydrogen-bond acceptors (Lipinski definition) is 5. The van der Waals surface area contributed by atoms with Crippen LogP contribution >= 0.6 is 0 Å². The summed E-state index contributed by atoms with van der Waals surface area (Å²) in [6, 6.07) is 13.7. The van der Waals surface area contributed by atoms with Crippen LogP contribution in [0.25, 0.3) is 10.9 Å². The van der Waals surface area contributed by atoms with Crippen molar-refractivity contribution in [3.63, 3.8) is 0 Å². The highest BCUT2D eigenvalue weighted by molar-refractivity contribution is 5.94. The third kappa shape index (κ3) is 4.43. The van der Waals surface area contributed by atoms with Gasteiger partial charge in [-0.15, -0.1) is 0 Å². The van der Waals surface area contributed by atoms with Crippen molar-refractivity contribution in [2.75, 3.05) is 44.7 Å². The van der Waals surface area contributed by atoms with Crippen molar-refractivity contribution in [3.8, 4) is 0 Å². The maximum Gasteiger partial charge on any atom is 0.251 e. The predicted molar refractivity (Wildman–Crippen MR) is 131 cm³/mol. The second-order valence-electron chi connectivity index (χ2n) is 9.86. The number of alkyl halides is 3. The van der Waals surface area contributed by atoms with Gasteiger partial charge < -0.3 is 20.2 Å². The molecule has 192 valence electrons. The number of aliphatic hydroxyl groups excluding tert-OH is 1. The first-order valence-electron chi connectivity index (χ1n) is 12.2. The number of piperazine rings is 1. The molecular formula is C26H30F3N5O2. The lowest BCUT2D eigenvalue weighted by Gasteiger charge is -2.43. The molecular weight excluding hydrogens is 471 g/mol. The molecule has 2 aliphatic rings. The summed E-state index contributed by atoms with van der Waals surface area (Å²) in [7, 11) is 2.07. The number of likely N-dealkylation sites (N-methyl/N-ethyl adjacent to an activating group) is 1. The van der Waals surface area contributed by atoms with Crippen LogP contribution in [0.2, 0.25) is 0 Å². The van der Waals surface area contributed by atoms with E-state index in [1.807, 2.05) is 18.2 Å². The lowest BCUT2D eigenvalue weighted by atomic mass is 9.78. The van der Waals surface area contributed by atoms with Gasteiger partial charge in [-0.05, 0) is 43.8 Å². The molecule has 0 radical (unpaired) electrons. The lowest BCUT2D eigenvalue weighted by molar-refractivity contribution is -0.183. The molecule has 1 aliphatic carbocycles. The number of aliphatic hydroxyl groups is 1. The molecule has 0 bridgehead atoms. The maximum atomic E-state index is 16.0. The van der Waals surface area contributed by atoms with Crippen molar-refractivity contribution in [2.45, 2.75) is 36.6 Å². The third-order valence-electron chi connectivity index (χ3n) is 7.43. The van der Waals surface area contributed by atoms with Gasteiger partial charge in [-0.2, -0.15) is 5.10 Å². The van der Waals surface area contributed by atoms with Gasteiger partial charge in [0.05, 0.1) is 12.1 Å². The molecule has 1 aliphatic heterocycles. The first-order valence-corrected chi connectivity index (χ1v) is 12.2. The van der Waals surface area contributed by atoms with Crippen LogP contribution in [0.4, 0.5) is 18.9 Å². The van der Waals surface area contributed by atoms with Crippen LogP contribution in [0.15, 0.2) is 54.7 Å². The SMILES string of the molecule is CN1CCN(c2ccc3cn([C@@]4(F)CC[C@@](F)(CNC(=O)c5ccccc5)[C@H](F)[C@H]4O)nc3c2)CC1. The minimum atomic E-state index is -2.62. The number of hydrogen-bond donors (Lipinski definition) is 2. The fourth-order valence-corrected chi connectivity index (χ4v) is 4.99. The van der Waals surface area contributed by atoms with Gasteiger partial charge in [0.25, 0.3) is 5.91 Å². The average molecular weight is 502 g/mol. The Kier molecular flexibility index (Phi) is 6.42. The number of carbonyl (C=O) groups is 1. The minimum Gasteiger partial charge on any atom is -0.384 e. The Balaban J connectivity index is 1.31. The van der Waals surface area contributed by atoms with Crippen molar-refractivity contribution >= 4 is 22.5 Å². The van der Waals surface area contributed by atoms with E-state index in [1.165, 1.54) is 6.20 Å². The van der Waals surface area contributed by atoms with E-state index >= 15 is 13.2 Å². The number of benzene rings is 2. The highest BCUT2D eigenvalue weighted by Gasteiger charge is 2.59. The molecule has 3 aromatic rings. The summed E-state index contributed by atoms with van der Waals surface area (Å²) < 4.78 is 47.6. The molecule has 0 unspecified atom stereocenters. The van der Waals surface area contributed by atoms with Gasteiger partial charge in [0.1, 0.15) is 6.10 Å². The summed E-state index contributed by atoms with van der Waals surface area (Å²) in [6.45, 7) is 2.90. The number of amides is 1. The van der Waals surface area contributed by atoms with Crippen LogP contribution in [0.1, 0.15) is 23.2 Å². The maximum absolute atomic E-state index is 16.0. The number of nitrogens with one attached hydrogen (secondary N) is 1. The van der Waals surface area contributed by atoms with Gasteiger partial charge in [0.2, 0.25) is 5.79 Å². The van der Waals surface area contributed by atoms with E-state index in [2.05, 4.69) is 27.3 Å². The van der Waals surface area contributed by atoms with E-state index in [0.717, 1.165) is 36.5 Å². The molecule has 1 amide bonds. The topological polar surface area (TPSA) is 73.6 Å². The van der Waals surface area contributed by atoms with Gasteiger partial charge in [-0.1, -0.05) is 18.2 Å². The van der Waals surface area contributed by atoms with Gasteiger partial charge in [0.15, 0.2) is 11.8 Å². The third-order valence-corrected chi connectivity index (χ3v) is 7.43. The number of carbonyl (C=O) groups excluding carboxylic acids is 1. The molecule has 4 atom stereocenters. The van der Waals surface area contributed by atoms with Crippen LogP contribution in [0.3, 0.4) is 0 Å². The van der Waals surface area contributed by atoms with E-state index in [4.69, 9.17) is 0 Å². The summed E-state index contributed by atoms with van der Waals surface area (Å²) in [5.74, 6) is -3.19. The highest BCUT2D eigenvalue weighted by atomic mass is 19.2. The van der Waals surface area contributed by atoms with Gasteiger partial charge in [-0.3, -0.25) is 4.79 Å². The molecule has 2 N–H and O–H groups in total. The van der Waals surface area contributed by atoms with Crippen molar-refractivity contribution in [1.82, 2.24) is 20.0 Å². The Hall–Kier alpha value is -3.11. The zero-order valence-electron chi connectivity index (χ0n) is 20.1. The quantitative estimate of drug-likeness (QED) is 0.562. The normalized spacial score (nSPS) is 29.4. The molecule has 2 aromatic carbocycles. The molecule has 2 heterocycles. The number of fused-ring (bicyclic) bond motifs is 1. The first-order chi connectivity index (χ1) is 17.2. The number of halogens is 3. The van der Waals surface area contributed by atoms with Crippen molar-refractivity contribution in [2.24, 2.45) is 0 Å².